The number of halogens is 1. The van der Waals surface area contributed by atoms with Gasteiger partial charge in [0.05, 0.1) is 32.1 Å². The van der Waals surface area contributed by atoms with Crippen LogP contribution in [0.4, 0.5) is 0 Å². The van der Waals surface area contributed by atoms with Crippen LogP contribution in [0.15, 0.2) is 0 Å². The lowest BCUT2D eigenvalue weighted by molar-refractivity contribution is -2.00. The molecule has 3 fully saturated rings. The summed E-state index contributed by atoms with van der Waals surface area (Å²) in [5, 5.41) is 9.09. The third-order valence-corrected chi connectivity index (χ3v) is 3.84. The number of carboxylic acid groups (broad SMARTS) is 1. The fourth-order valence-electron chi connectivity index (χ4n) is 2.48. The molecule has 3 rings (SSSR count). The summed E-state index contributed by atoms with van der Waals surface area (Å²) in [6.45, 7) is 3.19. The molecule has 0 aromatic carbocycles. The number of carbonyl (C=O) groups is 1. The molecule has 0 amide bonds. The molecule has 0 atom stereocenters. The van der Waals surface area contributed by atoms with Gasteiger partial charge in [-0.15, -0.1) is 10.2 Å². The first kappa shape index (κ1) is 14.6. The number of piperidine rings is 3. The van der Waals surface area contributed by atoms with E-state index in [2.05, 4.69) is 7.05 Å². The summed E-state index contributed by atoms with van der Waals surface area (Å²) in [7, 11) is -2.70. The predicted molar refractivity (Wildman–Crippen MR) is 44.7 cm³/mol. The number of hydrogen-bond donors (Lipinski definition) is 1. The van der Waals surface area contributed by atoms with Gasteiger partial charge in [0.1, 0.15) is 0 Å². The van der Waals surface area contributed by atoms with Crippen molar-refractivity contribution in [1.82, 2.24) is 0 Å². The lowest BCUT2D eigenvalue weighted by Crippen LogP contribution is -2.68. The monoisotopic (exact) mass is 269 g/mol. The van der Waals surface area contributed by atoms with Crippen LogP contribution < -0.4 is 18.6 Å². The van der Waals surface area contributed by atoms with E-state index in [0.29, 0.717) is 0 Å². The Balaban J connectivity index is 0.000000249. The molecule has 0 saturated carbocycles. The van der Waals surface area contributed by atoms with Crippen molar-refractivity contribution in [1.29, 1.82) is 0 Å². The summed E-state index contributed by atoms with van der Waals surface area (Å²) in [6, 6.07) is 0. The van der Waals surface area contributed by atoms with E-state index in [1.807, 2.05) is 0 Å². The molecule has 0 spiro atoms. The SMILES string of the molecule is C[N+]12CCC(C(=O)O)(CC1)CC2.[O-][Cl+3]([O-])([O-])[O-]. The number of rotatable bonds is 1. The first-order valence-corrected chi connectivity index (χ1v) is 6.49. The molecule has 2 bridgehead atoms. The van der Waals surface area contributed by atoms with Gasteiger partial charge >= 0.3 is 5.97 Å². The summed E-state index contributed by atoms with van der Waals surface area (Å²) >= 11 is 0. The molecule has 3 aliphatic rings. The van der Waals surface area contributed by atoms with E-state index in [9.17, 15) is 4.79 Å². The Labute approximate surface area is 101 Å². The largest absolute Gasteiger partial charge is 0.481 e. The summed E-state index contributed by atoms with van der Waals surface area (Å²) in [5.74, 6) is -0.562. The van der Waals surface area contributed by atoms with Gasteiger partial charge in [0.15, 0.2) is 0 Å². The zero-order chi connectivity index (χ0) is 13.3. The predicted octanol–water partition coefficient (Wildman–Crippen LogP) is -4.05. The topological polar surface area (TPSA) is 130 Å². The van der Waals surface area contributed by atoms with Crippen LogP contribution in [0.5, 0.6) is 0 Å². The quantitative estimate of drug-likeness (QED) is 0.482. The molecule has 7 nitrogen and oxygen atoms in total. The molecule has 0 unspecified atom stereocenters. The highest BCUT2D eigenvalue weighted by Gasteiger charge is 2.51. The van der Waals surface area contributed by atoms with Crippen molar-refractivity contribution in [2.45, 2.75) is 19.3 Å². The van der Waals surface area contributed by atoms with Crippen molar-refractivity contribution in [3.63, 3.8) is 0 Å². The molecule has 0 aromatic heterocycles. The summed E-state index contributed by atoms with van der Waals surface area (Å²) in [5.41, 5.74) is -0.337. The van der Waals surface area contributed by atoms with Crippen LogP contribution in [-0.4, -0.2) is 42.2 Å². The van der Waals surface area contributed by atoms with Gasteiger partial charge in [-0.2, -0.15) is 0 Å². The number of quaternary nitrogens is 1. The van der Waals surface area contributed by atoms with Crippen molar-refractivity contribution in [3.05, 3.63) is 0 Å². The van der Waals surface area contributed by atoms with Crippen molar-refractivity contribution in [2.75, 3.05) is 26.7 Å². The van der Waals surface area contributed by atoms with E-state index in [4.69, 9.17) is 23.7 Å². The third-order valence-electron chi connectivity index (χ3n) is 3.84. The van der Waals surface area contributed by atoms with Gasteiger partial charge in [0.25, 0.3) is 0 Å². The van der Waals surface area contributed by atoms with Crippen LogP contribution in [0.1, 0.15) is 19.3 Å². The average Bonchev–Trinajstić information content (AvgIpc) is 2.16. The second kappa shape index (κ2) is 4.68. The van der Waals surface area contributed by atoms with E-state index in [-0.39, 0.29) is 5.41 Å². The molecular weight excluding hydrogens is 254 g/mol. The third kappa shape index (κ3) is 4.06. The van der Waals surface area contributed by atoms with Gasteiger partial charge in [0.2, 0.25) is 0 Å². The molecule has 17 heavy (non-hydrogen) atoms. The van der Waals surface area contributed by atoms with Gasteiger partial charge in [-0.25, -0.2) is 18.6 Å². The maximum absolute atomic E-state index is 11.0. The standard InChI is InChI=1S/C9H15NO2.ClHO4/c1-10-5-2-9(3-6-10,4-7-10)8(11)12;2-1(3,4)5/h2-7H2,1H3;(H,2,3,4,5). The van der Waals surface area contributed by atoms with Crippen LogP contribution in [-0.2, 0) is 4.79 Å². The Bertz CT molecular complexity index is 272. The van der Waals surface area contributed by atoms with E-state index in [1.54, 1.807) is 0 Å². The fourth-order valence-corrected chi connectivity index (χ4v) is 2.48. The van der Waals surface area contributed by atoms with Gasteiger partial charge in [-0.05, 0) is 0 Å². The molecule has 100 valence electrons. The smallest absolute Gasteiger partial charge is 0.310 e. The molecule has 0 radical (unpaired) electrons. The van der Waals surface area contributed by atoms with Gasteiger partial charge in [0, 0.05) is 19.3 Å². The van der Waals surface area contributed by atoms with E-state index in [1.165, 1.54) is 0 Å². The van der Waals surface area contributed by atoms with Gasteiger partial charge in [-0.3, -0.25) is 4.79 Å². The summed E-state index contributed by atoms with van der Waals surface area (Å²) < 4.78 is 35.1. The normalized spacial score (nSPS) is 36.1. The Morgan fingerprint density at radius 3 is 1.65 bits per heavy atom. The second-order valence-electron chi connectivity index (χ2n) is 5.00. The van der Waals surface area contributed by atoms with Crippen molar-refractivity contribution < 1.29 is 43.3 Å². The first-order valence-electron chi connectivity index (χ1n) is 5.25. The fraction of sp³-hybridized carbons (Fsp3) is 0.889. The van der Waals surface area contributed by atoms with Gasteiger partial charge < -0.3 is 9.59 Å². The highest BCUT2D eigenvalue weighted by atomic mass is 35.7. The Morgan fingerprint density at radius 2 is 1.41 bits per heavy atom. The lowest BCUT2D eigenvalue weighted by Gasteiger charge is -2.50. The van der Waals surface area contributed by atoms with E-state index >= 15 is 0 Å². The Kier molecular flexibility index (Phi) is 4.02. The zero-order valence-electron chi connectivity index (χ0n) is 9.56. The zero-order valence-corrected chi connectivity index (χ0v) is 10.3. The minimum absolute atomic E-state index is 0.337. The molecular formula is C9H16ClNO6. The van der Waals surface area contributed by atoms with Gasteiger partial charge in [-0.1, -0.05) is 0 Å². The van der Waals surface area contributed by atoms with Crippen LogP contribution in [0.2, 0.25) is 0 Å². The minimum atomic E-state index is -4.94. The average molecular weight is 270 g/mol. The number of hydrogen-bond acceptors (Lipinski definition) is 5. The maximum atomic E-state index is 11.0. The second-order valence-corrected chi connectivity index (χ2v) is 5.76. The maximum Gasteiger partial charge on any atom is 0.310 e. The van der Waals surface area contributed by atoms with Crippen molar-refractivity contribution in [2.24, 2.45) is 5.41 Å². The van der Waals surface area contributed by atoms with Crippen LogP contribution in [0, 0.1) is 15.7 Å². The minimum Gasteiger partial charge on any atom is -0.481 e. The molecule has 3 saturated heterocycles. The Morgan fingerprint density at radius 1 is 1.12 bits per heavy atom. The molecule has 8 heteroatoms. The van der Waals surface area contributed by atoms with E-state index in [0.717, 1.165) is 43.4 Å². The highest BCUT2D eigenvalue weighted by Crippen LogP contribution is 2.42. The van der Waals surface area contributed by atoms with Crippen LogP contribution >= 0.6 is 0 Å². The molecule has 0 aromatic rings. The summed E-state index contributed by atoms with van der Waals surface area (Å²) in [6.07, 6.45) is 2.66. The number of fused-ring (bicyclic) bond motifs is 3. The van der Waals surface area contributed by atoms with Crippen LogP contribution in [0.25, 0.3) is 0 Å². The number of nitrogens with zero attached hydrogens (tertiary/aromatic N) is 1. The van der Waals surface area contributed by atoms with Crippen molar-refractivity contribution >= 4 is 5.97 Å². The highest BCUT2D eigenvalue weighted by molar-refractivity contribution is 5.74. The lowest BCUT2D eigenvalue weighted by atomic mass is 9.71. The molecule has 3 aliphatic heterocycles. The number of carboxylic acids is 1. The Hall–Kier alpha value is -0.440. The van der Waals surface area contributed by atoms with Crippen LogP contribution in [0.3, 0.4) is 0 Å². The molecule has 3 heterocycles. The number of aliphatic carboxylic acids is 1. The first-order chi connectivity index (χ1) is 7.56. The van der Waals surface area contributed by atoms with E-state index < -0.39 is 16.2 Å². The molecule has 0 aliphatic carbocycles. The molecule has 1 N–H and O–H groups in total. The summed E-state index contributed by atoms with van der Waals surface area (Å²) in [4.78, 5) is 11.0. The van der Waals surface area contributed by atoms with Crippen molar-refractivity contribution in [3.8, 4) is 0 Å².